The van der Waals surface area contributed by atoms with E-state index in [1.807, 2.05) is 11.9 Å². The highest BCUT2D eigenvalue weighted by Crippen LogP contribution is 2.28. The minimum atomic E-state index is 0.526. The van der Waals surface area contributed by atoms with E-state index in [2.05, 4.69) is 13.1 Å². The number of rotatable bonds is 2. The first-order valence-electron chi connectivity index (χ1n) is 4.90. The Morgan fingerprint density at radius 2 is 1.92 bits per heavy atom. The van der Waals surface area contributed by atoms with Crippen molar-refractivity contribution in [3.63, 3.8) is 0 Å². The Labute approximate surface area is 75.2 Å². The van der Waals surface area contributed by atoms with E-state index in [4.69, 9.17) is 5.26 Å². The van der Waals surface area contributed by atoms with E-state index in [0.29, 0.717) is 6.04 Å². The standard InChI is InChI=1S/C10H18N2/c1-3-9-4-6-10(7-5-9)12(2)8-11/h9-10H,3-7H2,1-2H3. The van der Waals surface area contributed by atoms with Crippen molar-refractivity contribution in [2.45, 2.75) is 45.1 Å². The molecule has 0 saturated heterocycles. The smallest absolute Gasteiger partial charge is 0.179 e. The molecule has 0 aliphatic heterocycles. The van der Waals surface area contributed by atoms with Gasteiger partial charge in [0.1, 0.15) is 0 Å². The van der Waals surface area contributed by atoms with Crippen molar-refractivity contribution in [2.24, 2.45) is 5.92 Å². The first-order chi connectivity index (χ1) is 5.77. The van der Waals surface area contributed by atoms with Crippen LogP contribution < -0.4 is 0 Å². The van der Waals surface area contributed by atoms with Crippen LogP contribution in [-0.4, -0.2) is 18.0 Å². The maximum Gasteiger partial charge on any atom is 0.179 e. The van der Waals surface area contributed by atoms with Gasteiger partial charge in [-0.25, -0.2) is 0 Å². The van der Waals surface area contributed by atoms with E-state index < -0.39 is 0 Å². The van der Waals surface area contributed by atoms with Crippen molar-refractivity contribution in [1.82, 2.24) is 4.90 Å². The van der Waals surface area contributed by atoms with Crippen molar-refractivity contribution in [1.29, 1.82) is 5.26 Å². The fraction of sp³-hybridized carbons (Fsp3) is 0.900. The predicted molar refractivity (Wildman–Crippen MR) is 49.4 cm³/mol. The zero-order valence-electron chi connectivity index (χ0n) is 8.08. The molecule has 0 bridgehead atoms. The van der Waals surface area contributed by atoms with Gasteiger partial charge in [0.15, 0.2) is 6.19 Å². The quantitative estimate of drug-likeness (QED) is 0.465. The van der Waals surface area contributed by atoms with Crippen LogP contribution in [0.15, 0.2) is 0 Å². The Morgan fingerprint density at radius 1 is 1.33 bits per heavy atom. The second-order valence-corrected chi connectivity index (χ2v) is 3.79. The second kappa shape index (κ2) is 4.35. The van der Waals surface area contributed by atoms with Gasteiger partial charge in [-0.1, -0.05) is 13.3 Å². The molecule has 2 heteroatoms. The lowest BCUT2D eigenvalue weighted by Gasteiger charge is -2.31. The molecule has 0 atom stereocenters. The summed E-state index contributed by atoms with van der Waals surface area (Å²) in [4.78, 5) is 1.81. The number of nitrogens with zero attached hydrogens (tertiary/aromatic N) is 2. The number of hydrogen-bond acceptors (Lipinski definition) is 2. The lowest BCUT2D eigenvalue weighted by Crippen LogP contribution is -2.31. The summed E-state index contributed by atoms with van der Waals surface area (Å²) in [6.45, 7) is 2.26. The van der Waals surface area contributed by atoms with E-state index in [0.717, 1.165) is 5.92 Å². The maximum absolute atomic E-state index is 8.69. The molecule has 0 spiro atoms. The normalized spacial score (nSPS) is 29.4. The molecule has 0 radical (unpaired) electrons. The molecule has 1 aliphatic rings. The predicted octanol–water partition coefficient (Wildman–Crippen LogP) is 2.37. The van der Waals surface area contributed by atoms with Gasteiger partial charge in [0.05, 0.1) is 0 Å². The van der Waals surface area contributed by atoms with Crippen LogP contribution in [0.3, 0.4) is 0 Å². The first kappa shape index (κ1) is 9.38. The fourth-order valence-electron chi connectivity index (χ4n) is 2.02. The van der Waals surface area contributed by atoms with Crippen molar-refractivity contribution in [2.75, 3.05) is 7.05 Å². The summed E-state index contributed by atoms with van der Waals surface area (Å²) in [6, 6.07) is 0.526. The Hall–Kier alpha value is -0.710. The molecule has 1 aliphatic carbocycles. The van der Waals surface area contributed by atoms with Crippen LogP contribution in [-0.2, 0) is 0 Å². The lowest BCUT2D eigenvalue weighted by atomic mass is 9.84. The van der Waals surface area contributed by atoms with Crippen LogP contribution in [0.5, 0.6) is 0 Å². The molecule has 68 valence electrons. The number of hydrogen-bond donors (Lipinski definition) is 0. The molecule has 0 heterocycles. The summed E-state index contributed by atoms with van der Waals surface area (Å²) in [5.41, 5.74) is 0. The zero-order chi connectivity index (χ0) is 8.97. The van der Waals surface area contributed by atoms with Gasteiger partial charge in [-0.15, -0.1) is 0 Å². The van der Waals surface area contributed by atoms with Gasteiger partial charge in [-0.2, -0.15) is 5.26 Å². The maximum atomic E-state index is 8.69. The average molecular weight is 166 g/mol. The van der Waals surface area contributed by atoms with Crippen LogP contribution in [0.25, 0.3) is 0 Å². The minimum Gasteiger partial charge on any atom is -0.311 e. The molecule has 0 aromatic carbocycles. The molecule has 0 aromatic heterocycles. The van der Waals surface area contributed by atoms with Gasteiger partial charge >= 0.3 is 0 Å². The first-order valence-corrected chi connectivity index (χ1v) is 4.90. The van der Waals surface area contributed by atoms with Gasteiger partial charge in [0.25, 0.3) is 0 Å². The van der Waals surface area contributed by atoms with Gasteiger partial charge in [-0.05, 0) is 31.6 Å². The van der Waals surface area contributed by atoms with Crippen molar-refractivity contribution in [3.8, 4) is 6.19 Å². The van der Waals surface area contributed by atoms with E-state index in [1.54, 1.807) is 0 Å². The molecule has 0 unspecified atom stereocenters. The molecule has 2 nitrogen and oxygen atoms in total. The topological polar surface area (TPSA) is 27.0 Å². The summed E-state index contributed by atoms with van der Waals surface area (Å²) >= 11 is 0. The van der Waals surface area contributed by atoms with E-state index in [1.165, 1.54) is 32.1 Å². The summed E-state index contributed by atoms with van der Waals surface area (Å²) in [5, 5.41) is 8.69. The molecule has 1 rings (SSSR count). The molecule has 1 fully saturated rings. The molecular weight excluding hydrogens is 148 g/mol. The Bertz CT molecular complexity index is 163. The van der Waals surface area contributed by atoms with Gasteiger partial charge in [-0.3, -0.25) is 0 Å². The van der Waals surface area contributed by atoms with Crippen molar-refractivity contribution < 1.29 is 0 Å². The molecule has 0 amide bonds. The Morgan fingerprint density at radius 3 is 2.33 bits per heavy atom. The largest absolute Gasteiger partial charge is 0.311 e. The van der Waals surface area contributed by atoms with Crippen molar-refractivity contribution in [3.05, 3.63) is 0 Å². The third kappa shape index (κ3) is 2.14. The van der Waals surface area contributed by atoms with Crippen LogP contribution in [0.2, 0.25) is 0 Å². The Balaban J connectivity index is 2.31. The summed E-state index contributed by atoms with van der Waals surface area (Å²) in [5.74, 6) is 0.924. The van der Waals surface area contributed by atoms with Crippen LogP contribution >= 0.6 is 0 Å². The summed E-state index contributed by atoms with van der Waals surface area (Å²) in [7, 11) is 1.90. The van der Waals surface area contributed by atoms with Gasteiger partial charge < -0.3 is 4.90 Å². The van der Waals surface area contributed by atoms with Gasteiger partial charge in [0.2, 0.25) is 0 Å². The van der Waals surface area contributed by atoms with E-state index >= 15 is 0 Å². The number of nitriles is 1. The third-order valence-electron chi connectivity index (χ3n) is 3.10. The molecule has 0 N–H and O–H groups in total. The molecule has 12 heavy (non-hydrogen) atoms. The zero-order valence-corrected chi connectivity index (χ0v) is 8.08. The highest BCUT2D eigenvalue weighted by Gasteiger charge is 2.22. The summed E-state index contributed by atoms with van der Waals surface area (Å²) in [6.07, 6.45) is 8.56. The van der Waals surface area contributed by atoms with Crippen LogP contribution in [0, 0.1) is 17.4 Å². The van der Waals surface area contributed by atoms with Crippen molar-refractivity contribution >= 4 is 0 Å². The Kier molecular flexibility index (Phi) is 3.40. The third-order valence-corrected chi connectivity index (χ3v) is 3.10. The highest BCUT2D eigenvalue weighted by atomic mass is 15.1. The van der Waals surface area contributed by atoms with Gasteiger partial charge in [0, 0.05) is 13.1 Å². The second-order valence-electron chi connectivity index (χ2n) is 3.79. The summed E-state index contributed by atoms with van der Waals surface area (Å²) < 4.78 is 0. The lowest BCUT2D eigenvalue weighted by molar-refractivity contribution is 0.216. The molecule has 1 saturated carbocycles. The van der Waals surface area contributed by atoms with Crippen LogP contribution in [0.1, 0.15) is 39.0 Å². The van der Waals surface area contributed by atoms with E-state index in [-0.39, 0.29) is 0 Å². The highest BCUT2D eigenvalue weighted by molar-refractivity contribution is 4.83. The monoisotopic (exact) mass is 166 g/mol. The average Bonchev–Trinajstić information content (AvgIpc) is 2.17. The SMILES string of the molecule is CCC1CCC(N(C)C#N)CC1. The molecular formula is C10H18N2. The van der Waals surface area contributed by atoms with Crippen LogP contribution in [0.4, 0.5) is 0 Å². The minimum absolute atomic E-state index is 0.526. The van der Waals surface area contributed by atoms with E-state index in [9.17, 15) is 0 Å². The fourth-order valence-corrected chi connectivity index (χ4v) is 2.02. The molecule has 0 aromatic rings.